The molecule has 0 radical (unpaired) electrons. The van der Waals surface area contributed by atoms with E-state index in [-0.39, 0.29) is 23.7 Å². The van der Waals surface area contributed by atoms with Gasteiger partial charge in [0.2, 0.25) is 5.91 Å². The molecule has 2 aromatic rings. The minimum Gasteiger partial charge on any atom is -0.493 e. The summed E-state index contributed by atoms with van der Waals surface area (Å²) >= 11 is 0. The first-order chi connectivity index (χ1) is 11.9. The number of nitrogens with one attached hydrogen (secondary N) is 1. The van der Waals surface area contributed by atoms with Crippen molar-refractivity contribution in [1.29, 1.82) is 0 Å². The number of carbonyl (C=O) groups excluding carboxylic acids is 2. The number of amides is 1. The second-order valence-corrected chi connectivity index (χ2v) is 5.38. The second-order valence-electron chi connectivity index (χ2n) is 5.38. The second kappa shape index (κ2) is 7.69. The van der Waals surface area contributed by atoms with Crippen molar-refractivity contribution in [2.45, 2.75) is 20.4 Å². The third-order valence-electron chi connectivity index (χ3n) is 3.60. The van der Waals surface area contributed by atoms with E-state index in [9.17, 15) is 9.59 Å². The smallest absolute Gasteiger partial charge is 0.340 e. The van der Waals surface area contributed by atoms with Gasteiger partial charge >= 0.3 is 5.97 Å². The normalized spacial score (nSPS) is 10.3. The number of aryl methyl sites for hydroxylation is 2. The molecule has 0 saturated carbocycles. The highest BCUT2D eigenvalue weighted by Crippen LogP contribution is 2.33. The van der Waals surface area contributed by atoms with Crippen LogP contribution in [0.15, 0.2) is 18.2 Å². The van der Waals surface area contributed by atoms with Gasteiger partial charge in [-0.3, -0.25) is 9.48 Å². The molecule has 2 rings (SSSR count). The van der Waals surface area contributed by atoms with Crippen LogP contribution < -0.4 is 14.8 Å². The molecule has 8 heteroatoms. The number of hydrogen-bond acceptors (Lipinski definition) is 6. The number of rotatable bonds is 6. The Kier molecular flexibility index (Phi) is 5.63. The molecule has 0 aliphatic heterocycles. The molecule has 0 atom stereocenters. The Morgan fingerprint density at radius 1 is 1.08 bits per heavy atom. The summed E-state index contributed by atoms with van der Waals surface area (Å²) in [7, 11) is 4.19. The topological polar surface area (TPSA) is 91.7 Å². The minimum atomic E-state index is -0.595. The summed E-state index contributed by atoms with van der Waals surface area (Å²) in [4.78, 5) is 24.4. The summed E-state index contributed by atoms with van der Waals surface area (Å²) in [6.07, 6.45) is 0. The van der Waals surface area contributed by atoms with Crippen LogP contribution in [0, 0.1) is 13.8 Å². The van der Waals surface area contributed by atoms with Crippen LogP contribution >= 0.6 is 0 Å². The highest BCUT2D eigenvalue weighted by Gasteiger charge is 2.19. The summed E-state index contributed by atoms with van der Waals surface area (Å²) in [5, 5.41) is 6.95. The van der Waals surface area contributed by atoms with Crippen LogP contribution in [-0.2, 0) is 16.1 Å². The van der Waals surface area contributed by atoms with Gasteiger partial charge in [-0.15, -0.1) is 0 Å². The number of methoxy groups -OCH3 is 3. The van der Waals surface area contributed by atoms with E-state index in [2.05, 4.69) is 10.4 Å². The van der Waals surface area contributed by atoms with Gasteiger partial charge in [-0.05, 0) is 19.9 Å². The third-order valence-corrected chi connectivity index (χ3v) is 3.60. The molecule has 1 aromatic carbocycles. The third kappa shape index (κ3) is 4.09. The molecule has 1 aromatic heterocycles. The summed E-state index contributed by atoms with van der Waals surface area (Å²) < 4.78 is 16.8. The SMILES string of the molecule is COC(=O)c1cc(OC)c(OC)cc1NC(=O)Cn1nc(C)cc1C. The molecular weight excluding hydrogens is 326 g/mol. The monoisotopic (exact) mass is 347 g/mol. The lowest BCUT2D eigenvalue weighted by atomic mass is 10.1. The molecule has 0 aliphatic carbocycles. The maximum atomic E-state index is 12.4. The predicted molar refractivity (Wildman–Crippen MR) is 91.2 cm³/mol. The fourth-order valence-corrected chi connectivity index (χ4v) is 2.42. The highest BCUT2D eigenvalue weighted by molar-refractivity contribution is 6.02. The van der Waals surface area contributed by atoms with Gasteiger partial charge < -0.3 is 19.5 Å². The maximum absolute atomic E-state index is 12.4. The fourth-order valence-electron chi connectivity index (χ4n) is 2.42. The summed E-state index contributed by atoms with van der Waals surface area (Å²) in [5.41, 5.74) is 2.14. The quantitative estimate of drug-likeness (QED) is 0.803. The summed E-state index contributed by atoms with van der Waals surface area (Å²) in [5.74, 6) is -0.179. The van der Waals surface area contributed by atoms with E-state index in [4.69, 9.17) is 14.2 Å². The van der Waals surface area contributed by atoms with Crippen LogP contribution in [0.5, 0.6) is 11.5 Å². The van der Waals surface area contributed by atoms with Crippen molar-refractivity contribution in [2.24, 2.45) is 0 Å². The Labute approximate surface area is 145 Å². The molecule has 0 fully saturated rings. The average molecular weight is 347 g/mol. The van der Waals surface area contributed by atoms with Crippen LogP contribution in [0.1, 0.15) is 21.7 Å². The lowest BCUT2D eigenvalue weighted by molar-refractivity contribution is -0.116. The first-order valence-corrected chi connectivity index (χ1v) is 7.54. The van der Waals surface area contributed by atoms with E-state index in [0.717, 1.165) is 11.4 Å². The van der Waals surface area contributed by atoms with Crippen molar-refractivity contribution in [3.8, 4) is 11.5 Å². The van der Waals surface area contributed by atoms with Crippen molar-refractivity contribution in [1.82, 2.24) is 9.78 Å². The molecule has 25 heavy (non-hydrogen) atoms. The van der Waals surface area contributed by atoms with Crippen molar-refractivity contribution >= 4 is 17.6 Å². The number of nitrogens with zero attached hydrogens (tertiary/aromatic N) is 2. The molecule has 0 aliphatic rings. The van der Waals surface area contributed by atoms with Crippen LogP contribution in [0.3, 0.4) is 0 Å². The molecule has 8 nitrogen and oxygen atoms in total. The van der Waals surface area contributed by atoms with Gasteiger partial charge in [-0.2, -0.15) is 5.10 Å². The molecule has 1 N–H and O–H groups in total. The van der Waals surface area contributed by atoms with E-state index in [0.29, 0.717) is 11.5 Å². The Balaban J connectivity index is 2.31. The van der Waals surface area contributed by atoms with Crippen molar-refractivity contribution in [3.63, 3.8) is 0 Å². The van der Waals surface area contributed by atoms with Crippen molar-refractivity contribution in [2.75, 3.05) is 26.6 Å². The zero-order valence-electron chi connectivity index (χ0n) is 14.9. The molecule has 134 valence electrons. The lowest BCUT2D eigenvalue weighted by Crippen LogP contribution is -2.22. The standard InChI is InChI=1S/C17H21N3O5/c1-10-6-11(2)20(19-10)9-16(21)18-13-8-15(24-4)14(23-3)7-12(13)17(22)25-5/h6-8H,9H2,1-5H3,(H,18,21). The number of esters is 1. The van der Waals surface area contributed by atoms with E-state index >= 15 is 0 Å². The minimum absolute atomic E-state index is 0.0225. The molecule has 0 unspecified atom stereocenters. The van der Waals surface area contributed by atoms with Gasteiger partial charge in [0.05, 0.1) is 38.3 Å². The van der Waals surface area contributed by atoms with Crippen molar-refractivity contribution < 1.29 is 23.8 Å². The first kappa shape index (κ1) is 18.3. The largest absolute Gasteiger partial charge is 0.493 e. The van der Waals surface area contributed by atoms with Crippen molar-refractivity contribution in [3.05, 3.63) is 35.2 Å². The summed E-state index contributed by atoms with van der Waals surface area (Å²) in [6, 6.07) is 4.86. The molecule has 0 bridgehead atoms. The predicted octanol–water partition coefficient (Wildman–Crippen LogP) is 1.94. The number of anilines is 1. The Morgan fingerprint density at radius 2 is 1.72 bits per heavy atom. The fraction of sp³-hybridized carbons (Fsp3) is 0.353. The zero-order valence-corrected chi connectivity index (χ0v) is 14.9. The van der Waals surface area contributed by atoms with Gasteiger partial charge in [0.15, 0.2) is 11.5 Å². The number of aromatic nitrogens is 2. The van der Waals surface area contributed by atoms with Gasteiger partial charge in [0, 0.05) is 17.8 Å². The van der Waals surface area contributed by atoms with E-state index < -0.39 is 5.97 Å². The van der Waals surface area contributed by atoms with Crippen LogP contribution in [0.25, 0.3) is 0 Å². The summed E-state index contributed by atoms with van der Waals surface area (Å²) in [6.45, 7) is 3.74. The molecule has 0 saturated heterocycles. The number of carbonyl (C=O) groups is 2. The Hall–Kier alpha value is -3.03. The first-order valence-electron chi connectivity index (χ1n) is 7.54. The molecular formula is C17H21N3O5. The van der Waals surface area contributed by atoms with E-state index in [1.54, 1.807) is 4.68 Å². The zero-order chi connectivity index (χ0) is 18.6. The number of ether oxygens (including phenoxy) is 3. The molecule has 1 amide bonds. The van der Waals surface area contributed by atoms with Gasteiger partial charge in [-0.1, -0.05) is 0 Å². The lowest BCUT2D eigenvalue weighted by Gasteiger charge is -2.15. The van der Waals surface area contributed by atoms with E-state index in [1.165, 1.54) is 33.5 Å². The van der Waals surface area contributed by atoms with Crippen LogP contribution in [0.2, 0.25) is 0 Å². The maximum Gasteiger partial charge on any atom is 0.340 e. The van der Waals surface area contributed by atoms with Crippen LogP contribution in [0.4, 0.5) is 5.69 Å². The van der Waals surface area contributed by atoms with Gasteiger partial charge in [-0.25, -0.2) is 4.79 Å². The number of hydrogen-bond donors (Lipinski definition) is 1. The average Bonchev–Trinajstić information content (AvgIpc) is 2.90. The highest BCUT2D eigenvalue weighted by atomic mass is 16.5. The molecule has 1 heterocycles. The van der Waals surface area contributed by atoms with Gasteiger partial charge in [0.1, 0.15) is 6.54 Å². The van der Waals surface area contributed by atoms with Gasteiger partial charge in [0.25, 0.3) is 0 Å². The Bertz CT molecular complexity index is 798. The van der Waals surface area contributed by atoms with E-state index in [1.807, 2.05) is 19.9 Å². The van der Waals surface area contributed by atoms with Crippen LogP contribution in [-0.4, -0.2) is 43.0 Å². The Morgan fingerprint density at radius 3 is 2.24 bits per heavy atom. The number of benzene rings is 1. The molecule has 0 spiro atoms.